The summed E-state index contributed by atoms with van der Waals surface area (Å²) >= 11 is 1.59. The Labute approximate surface area is 89.5 Å². The van der Waals surface area contributed by atoms with Crippen LogP contribution in [0.15, 0.2) is 6.07 Å². The molecule has 0 saturated heterocycles. The Morgan fingerprint density at radius 3 is 2.43 bits per heavy atom. The second kappa shape index (κ2) is 4.60. The Kier molecular flexibility index (Phi) is 3.69. The van der Waals surface area contributed by atoms with Gasteiger partial charge in [0.2, 0.25) is 0 Å². The number of anilines is 1. The molecule has 0 radical (unpaired) electrons. The second-order valence-electron chi connectivity index (χ2n) is 3.30. The van der Waals surface area contributed by atoms with Gasteiger partial charge in [0.1, 0.15) is 0 Å². The third-order valence-electron chi connectivity index (χ3n) is 2.26. The average molecular weight is 211 g/mol. The molecule has 3 heteroatoms. The van der Waals surface area contributed by atoms with Crippen molar-refractivity contribution in [2.75, 3.05) is 18.0 Å². The van der Waals surface area contributed by atoms with Gasteiger partial charge >= 0.3 is 0 Å². The van der Waals surface area contributed by atoms with Gasteiger partial charge < -0.3 is 4.90 Å². The van der Waals surface area contributed by atoms with Gasteiger partial charge in [-0.1, -0.05) is 0 Å². The summed E-state index contributed by atoms with van der Waals surface area (Å²) in [6.07, 6.45) is 0. The van der Waals surface area contributed by atoms with Gasteiger partial charge in [0.05, 0.1) is 10.6 Å². The first-order valence-corrected chi connectivity index (χ1v) is 5.78. The van der Waals surface area contributed by atoms with Gasteiger partial charge in [0, 0.05) is 24.9 Å². The van der Waals surface area contributed by atoms with Crippen LogP contribution in [0.25, 0.3) is 0 Å². The molecular formula is C11H17NOS. The first-order valence-electron chi connectivity index (χ1n) is 4.96. The van der Waals surface area contributed by atoms with E-state index in [1.165, 1.54) is 4.88 Å². The maximum Gasteiger partial charge on any atom is 0.171 e. The summed E-state index contributed by atoms with van der Waals surface area (Å²) in [7, 11) is 0. The summed E-state index contributed by atoms with van der Waals surface area (Å²) in [5.74, 6) is 0.171. The number of hydrogen-bond acceptors (Lipinski definition) is 3. The van der Waals surface area contributed by atoms with Crippen molar-refractivity contribution in [3.63, 3.8) is 0 Å². The Morgan fingerprint density at radius 1 is 1.43 bits per heavy atom. The zero-order chi connectivity index (χ0) is 10.7. The summed E-state index contributed by atoms with van der Waals surface area (Å²) in [5.41, 5.74) is 1.10. The van der Waals surface area contributed by atoms with Crippen LogP contribution >= 0.6 is 11.3 Å². The maximum atomic E-state index is 11.4. The Morgan fingerprint density at radius 2 is 2.00 bits per heavy atom. The van der Waals surface area contributed by atoms with Gasteiger partial charge in [0.15, 0.2) is 5.78 Å². The van der Waals surface area contributed by atoms with E-state index in [1.807, 2.05) is 6.92 Å². The van der Waals surface area contributed by atoms with Crippen molar-refractivity contribution in [3.8, 4) is 0 Å². The predicted octanol–water partition coefficient (Wildman–Crippen LogP) is 3.11. The van der Waals surface area contributed by atoms with E-state index >= 15 is 0 Å². The zero-order valence-electron chi connectivity index (χ0n) is 9.26. The topological polar surface area (TPSA) is 20.3 Å². The van der Waals surface area contributed by atoms with Crippen LogP contribution < -0.4 is 4.90 Å². The zero-order valence-corrected chi connectivity index (χ0v) is 10.1. The van der Waals surface area contributed by atoms with Crippen LogP contribution in [0, 0.1) is 6.92 Å². The fourth-order valence-corrected chi connectivity index (χ4v) is 2.48. The fourth-order valence-electron chi connectivity index (χ4n) is 1.55. The van der Waals surface area contributed by atoms with Crippen LogP contribution in [0.5, 0.6) is 0 Å². The molecule has 0 fully saturated rings. The summed E-state index contributed by atoms with van der Waals surface area (Å²) in [4.78, 5) is 15.7. The molecule has 0 aromatic carbocycles. The minimum Gasteiger partial charge on any atom is -0.371 e. The lowest BCUT2D eigenvalue weighted by atomic mass is 10.2. The largest absolute Gasteiger partial charge is 0.371 e. The third-order valence-corrected chi connectivity index (χ3v) is 3.40. The van der Waals surface area contributed by atoms with Crippen molar-refractivity contribution in [3.05, 3.63) is 15.8 Å². The molecule has 0 N–H and O–H groups in total. The lowest BCUT2D eigenvalue weighted by molar-refractivity contribution is 0.102. The molecule has 0 amide bonds. The van der Waals surface area contributed by atoms with Gasteiger partial charge in [-0.05, 0) is 26.8 Å². The van der Waals surface area contributed by atoms with Gasteiger partial charge in [-0.2, -0.15) is 0 Å². The Bertz CT molecular complexity index is 326. The number of rotatable bonds is 4. The highest BCUT2D eigenvalue weighted by molar-refractivity contribution is 7.14. The third kappa shape index (κ3) is 2.15. The molecule has 0 aliphatic heterocycles. The molecule has 0 atom stereocenters. The molecule has 0 aliphatic carbocycles. The maximum absolute atomic E-state index is 11.4. The van der Waals surface area contributed by atoms with Crippen molar-refractivity contribution >= 4 is 22.8 Å². The van der Waals surface area contributed by atoms with E-state index in [9.17, 15) is 4.79 Å². The number of thiophene rings is 1. The predicted molar refractivity (Wildman–Crippen MR) is 62.6 cm³/mol. The molecule has 14 heavy (non-hydrogen) atoms. The summed E-state index contributed by atoms with van der Waals surface area (Å²) in [6.45, 7) is 9.81. The van der Waals surface area contributed by atoms with Gasteiger partial charge in [-0.15, -0.1) is 11.3 Å². The molecular weight excluding hydrogens is 194 g/mol. The van der Waals surface area contributed by atoms with Crippen LogP contribution in [0.2, 0.25) is 0 Å². The number of nitrogens with zero attached hydrogens (tertiary/aromatic N) is 1. The summed E-state index contributed by atoms with van der Waals surface area (Å²) in [5, 5.41) is 0. The molecule has 0 bridgehead atoms. The molecule has 0 saturated carbocycles. The number of aryl methyl sites for hydroxylation is 1. The van der Waals surface area contributed by atoms with E-state index in [2.05, 4.69) is 24.8 Å². The van der Waals surface area contributed by atoms with Crippen molar-refractivity contribution in [2.24, 2.45) is 0 Å². The highest BCUT2D eigenvalue weighted by atomic mass is 32.1. The van der Waals surface area contributed by atoms with Crippen molar-refractivity contribution in [2.45, 2.75) is 27.7 Å². The minimum atomic E-state index is 0.171. The first-order chi connectivity index (χ1) is 6.60. The van der Waals surface area contributed by atoms with E-state index in [1.54, 1.807) is 18.3 Å². The van der Waals surface area contributed by atoms with Crippen molar-refractivity contribution in [1.82, 2.24) is 0 Å². The number of carbonyl (C=O) groups is 1. The van der Waals surface area contributed by atoms with Gasteiger partial charge in [0.25, 0.3) is 0 Å². The first kappa shape index (κ1) is 11.2. The molecule has 1 aromatic rings. The minimum absolute atomic E-state index is 0.171. The monoisotopic (exact) mass is 211 g/mol. The molecule has 1 heterocycles. The number of ketones is 1. The number of carbonyl (C=O) groups excluding carboxylic acids is 1. The Hall–Kier alpha value is -0.830. The molecule has 0 spiro atoms. The van der Waals surface area contributed by atoms with Gasteiger partial charge in [-0.25, -0.2) is 0 Å². The number of Topliss-reactive ketones (excluding diaryl/α,β-unsaturated/α-hetero) is 1. The van der Waals surface area contributed by atoms with Gasteiger partial charge in [-0.3, -0.25) is 4.79 Å². The highest BCUT2D eigenvalue weighted by Crippen LogP contribution is 2.30. The molecule has 0 unspecified atom stereocenters. The number of hydrogen-bond donors (Lipinski definition) is 0. The standard InChI is InChI=1S/C11H17NOS/c1-5-12(6-2)10-7-8(3)14-11(10)9(4)13/h7H,5-6H2,1-4H3. The van der Waals surface area contributed by atoms with Crippen LogP contribution in [0.1, 0.15) is 35.3 Å². The molecule has 1 aromatic heterocycles. The second-order valence-corrected chi connectivity index (χ2v) is 4.56. The SMILES string of the molecule is CCN(CC)c1cc(C)sc1C(C)=O. The van der Waals surface area contributed by atoms with Crippen LogP contribution in [0.4, 0.5) is 5.69 Å². The van der Waals surface area contributed by atoms with E-state index in [0.29, 0.717) is 0 Å². The molecule has 0 aliphatic rings. The normalized spacial score (nSPS) is 10.3. The molecule has 78 valence electrons. The lowest BCUT2D eigenvalue weighted by Gasteiger charge is -2.20. The Balaban J connectivity index is 3.11. The highest BCUT2D eigenvalue weighted by Gasteiger charge is 2.14. The van der Waals surface area contributed by atoms with Crippen molar-refractivity contribution < 1.29 is 4.79 Å². The summed E-state index contributed by atoms with van der Waals surface area (Å²) < 4.78 is 0. The fraction of sp³-hybridized carbons (Fsp3) is 0.545. The molecule has 2 nitrogen and oxygen atoms in total. The van der Waals surface area contributed by atoms with Crippen LogP contribution in [-0.4, -0.2) is 18.9 Å². The lowest BCUT2D eigenvalue weighted by Crippen LogP contribution is -2.22. The average Bonchev–Trinajstić information content (AvgIpc) is 2.50. The van der Waals surface area contributed by atoms with E-state index in [-0.39, 0.29) is 5.78 Å². The smallest absolute Gasteiger partial charge is 0.171 e. The molecule has 1 rings (SSSR count). The van der Waals surface area contributed by atoms with E-state index in [0.717, 1.165) is 23.7 Å². The van der Waals surface area contributed by atoms with Crippen LogP contribution in [-0.2, 0) is 0 Å². The van der Waals surface area contributed by atoms with Crippen molar-refractivity contribution in [1.29, 1.82) is 0 Å². The quantitative estimate of drug-likeness (QED) is 0.713. The van der Waals surface area contributed by atoms with Crippen LogP contribution in [0.3, 0.4) is 0 Å². The summed E-state index contributed by atoms with van der Waals surface area (Å²) in [6, 6.07) is 2.11. The van der Waals surface area contributed by atoms with E-state index in [4.69, 9.17) is 0 Å². The van der Waals surface area contributed by atoms with E-state index < -0.39 is 0 Å².